The lowest BCUT2D eigenvalue weighted by atomic mass is 10.1. The Morgan fingerprint density at radius 2 is 2.24 bits per heavy atom. The summed E-state index contributed by atoms with van der Waals surface area (Å²) in [5, 5.41) is 3.41. The zero-order valence-electron chi connectivity index (χ0n) is 10.0. The van der Waals surface area contributed by atoms with Gasteiger partial charge in [-0.2, -0.15) is 0 Å². The molecule has 3 nitrogen and oxygen atoms in total. The number of hydrogen-bond donors (Lipinski definition) is 1. The van der Waals surface area contributed by atoms with Crippen molar-refractivity contribution in [2.75, 3.05) is 5.75 Å². The van der Waals surface area contributed by atoms with Gasteiger partial charge in [-0.1, -0.05) is 0 Å². The monoisotopic (exact) mass is 256 g/mol. The van der Waals surface area contributed by atoms with Crippen molar-refractivity contribution in [3.63, 3.8) is 0 Å². The molecule has 1 aliphatic rings. The average molecular weight is 256 g/mol. The molecule has 0 radical (unpaired) electrons. The molecule has 1 aliphatic heterocycles. The fraction of sp³-hybridized carbons (Fsp3) is 0.583. The minimum Gasteiger partial charge on any atom is -0.305 e. The lowest BCUT2D eigenvalue weighted by molar-refractivity contribution is 0.446. The molecule has 1 aromatic rings. The molecule has 0 amide bonds. The van der Waals surface area contributed by atoms with Gasteiger partial charge < -0.3 is 5.32 Å². The number of nitrogens with zero attached hydrogens (tertiary/aromatic N) is 1. The summed E-state index contributed by atoms with van der Waals surface area (Å²) in [5.74, 6) is 0.372. The van der Waals surface area contributed by atoms with Crippen LogP contribution >= 0.6 is 0 Å². The maximum atomic E-state index is 12.8. The highest BCUT2D eigenvalue weighted by Gasteiger charge is 2.29. The van der Waals surface area contributed by atoms with Crippen molar-refractivity contribution in [3.8, 4) is 0 Å². The molecule has 4 unspecified atom stereocenters. The van der Waals surface area contributed by atoms with E-state index in [1.165, 1.54) is 12.3 Å². The Bertz CT molecular complexity index is 409. The van der Waals surface area contributed by atoms with Crippen molar-refractivity contribution in [1.29, 1.82) is 0 Å². The van der Waals surface area contributed by atoms with Gasteiger partial charge in [0.15, 0.2) is 0 Å². The smallest absolute Gasteiger partial charge is 0.141 e. The van der Waals surface area contributed by atoms with Crippen molar-refractivity contribution in [1.82, 2.24) is 10.3 Å². The molecule has 17 heavy (non-hydrogen) atoms. The summed E-state index contributed by atoms with van der Waals surface area (Å²) in [4.78, 5) is 4.09. The maximum absolute atomic E-state index is 12.8. The van der Waals surface area contributed by atoms with Gasteiger partial charge in [0, 0.05) is 22.6 Å². The highest BCUT2D eigenvalue weighted by Crippen LogP contribution is 2.23. The molecule has 2 rings (SSSR count). The summed E-state index contributed by atoms with van der Waals surface area (Å²) >= 11 is 0. The largest absolute Gasteiger partial charge is 0.305 e. The highest BCUT2D eigenvalue weighted by atomic mass is 32.2. The lowest BCUT2D eigenvalue weighted by Gasteiger charge is -2.23. The predicted octanol–water partition coefficient (Wildman–Crippen LogP) is 1.78. The van der Waals surface area contributed by atoms with Crippen molar-refractivity contribution in [3.05, 3.63) is 29.8 Å². The van der Waals surface area contributed by atoms with Crippen LogP contribution in [0.5, 0.6) is 0 Å². The third-order valence-corrected chi connectivity index (χ3v) is 4.91. The summed E-state index contributed by atoms with van der Waals surface area (Å²) in [6.45, 7) is 4.03. The Hall–Kier alpha value is -0.810. The van der Waals surface area contributed by atoms with Gasteiger partial charge in [-0.3, -0.25) is 9.19 Å². The molecule has 5 heteroatoms. The van der Waals surface area contributed by atoms with Crippen LogP contribution in [0.1, 0.15) is 32.0 Å². The minimum absolute atomic E-state index is 0.00193. The van der Waals surface area contributed by atoms with Crippen molar-refractivity contribution >= 4 is 10.8 Å². The van der Waals surface area contributed by atoms with Gasteiger partial charge in [-0.15, -0.1) is 0 Å². The highest BCUT2D eigenvalue weighted by molar-refractivity contribution is 7.85. The molecule has 2 heterocycles. The van der Waals surface area contributed by atoms with E-state index in [0.29, 0.717) is 11.8 Å². The predicted molar refractivity (Wildman–Crippen MR) is 66.6 cm³/mol. The quantitative estimate of drug-likeness (QED) is 0.833. The Labute approximate surface area is 103 Å². The molecule has 0 aromatic carbocycles. The molecule has 1 aromatic heterocycles. The number of rotatable bonds is 1. The molecular formula is C12H17FN2OS. The second-order valence-corrected chi connectivity index (χ2v) is 6.44. The number of hydrogen-bond acceptors (Lipinski definition) is 3. The minimum atomic E-state index is -0.855. The fourth-order valence-corrected chi connectivity index (χ4v) is 3.53. The normalized spacial score (nSPS) is 34.3. The van der Waals surface area contributed by atoms with E-state index < -0.39 is 10.8 Å². The van der Waals surface area contributed by atoms with E-state index in [9.17, 15) is 8.60 Å². The number of pyridine rings is 1. The molecule has 1 N–H and O–H groups in total. The zero-order chi connectivity index (χ0) is 12.4. The van der Waals surface area contributed by atoms with Gasteiger partial charge >= 0.3 is 0 Å². The first-order chi connectivity index (χ1) is 8.08. The summed E-state index contributed by atoms with van der Waals surface area (Å²) in [6, 6.07) is 3.31. The Morgan fingerprint density at radius 3 is 2.88 bits per heavy atom. The van der Waals surface area contributed by atoms with E-state index in [4.69, 9.17) is 0 Å². The SMILES string of the molecule is CC1CCS(=O)C(C)C(c2ccc(F)cn2)N1. The standard InChI is InChI=1S/C12H17FN2OS/c1-8-5-6-17(16)9(2)12(15-8)11-4-3-10(13)7-14-11/h3-4,7-9,12,15H,5-6H2,1-2H3. The van der Waals surface area contributed by atoms with Gasteiger partial charge in [0.05, 0.1) is 23.2 Å². The van der Waals surface area contributed by atoms with Gasteiger partial charge in [0.1, 0.15) is 5.82 Å². The fourth-order valence-electron chi connectivity index (χ4n) is 2.05. The lowest BCUT2D eigenvalue weighted by Crippen LogP contribution is -2.35. The summed E-state index contributed by atoms with van der Waals surface area (Å²) in [7, 11) is -0.855. The molecule has 0 bridgehead atoms. The first-order valence-electron chi connectivity index (χ1n) is 5.82. The molecule has 1 fully saturated rings. The van der Waals surface area contributed by atoms with Crippen LogP contribution in [0.4, 0.5) is 4.39 Å². The summed E-state index contributed by atoms with van der Waals surface area (Å²) in [6.07, 6.45) is 2.11. The van der Waals surface area contributed by atoms with Crippen LogP contribution < -0.4 is 5.32 Å². The topological polar surface area (TPSA) is 42.0 Å². The van der Waals surface area contributed by atoms with E-state index in [1.54, 1.807) is 6.07 Å². The van der Waals surface area contributed by atoms with E-state index in [-0.39, 0.29) is 17.1 Å². The first kappa shape index (κ1) is 12.6. The maximum Gasteiger partial charge on any atom is 0.141 e. The zero-order valence-corrected chi connectivity index (χ0v) is 10.8. The van der Waals surface area contributed by atoms with Crippen LogP contribution in [-0.2, 0) is 10.8 Å². The second kappa shape index (κ2) is 5.23. The number of nitrogens with one attached hydrogen (secondary N) is 1. The van der Waals surface area contributed by atoms with E-state index in [1.807, 2.05) is 6.92 Å². The Morgan fingerprint density at radius 1 is 1.47 bits per heavy atom. The molecule has 4 atom stereocenters. The van der Waals surface area contributed by atoms with Crippen LogP contribution in [0, 0.1) is 5.82 Å². The van der Waals surface area contributed by atoms with E-state index in [0.717, 1.165) is 12.1 Å². The van der Waals surface area contributed by atoms with Crippen LogP contribution in [0.15, 0.2) is 18.3 Å². The first-order valence-corrected chi connectivity index (χ1v) is 7.21. The van der Waals surface area contributed by atoms with Gasteiger partial charge in [-0.25, -0.2) is 4.39 Å². The second-order valence-electron chi connectivity index (χ2n) is 4.53. The van der Waals surface area contributed by atoms with Gasteiger partial charge in [0.25, 0.3) is 0 Å². The molecule has 0 aliphatic carbocycles. The van der Waals surface area contributed by atoms with Crippen LogP contribution in [0.25, 0.3) is 0 Å². The number of halogens is 1. The van der Waals surface area contributed by atoms with Crippen molar-refractivity contribution < 1.29 is 8.60 Å². The molecule has 1 saturated heterocycles. The Balaban J connectivity index is 2.27. The van der Waals surface area contributed by atoms with Crippen LogP contribution in [0.3, 0.4) is 0 Å². The van der Waals surface area contributed by atoms with Crippen molar-refractivity contribution in [2.24, 2.45) is 0 Å². The molecular weight excluding hydrogens is 239 g/mol. The van der Waals surface area contributed by atoms with Gasteiger partial charge in [-0.05, 0) is 32.4 Å². The molecule has 94 valence electrons. The van der Waals surface area contributed by atoms with E-state index >= 15 is 0 Å². The third kappa shape index (κ3) is 2.90. The third-order valence-electron chi connectivity index (χ3n) is 3.17. The number of aromatic nitrogens is 1. The van der Waals surface area contributed by atoms with Gasteiger partial charge in [0.2, 0.25) is 0 Å². The summed E-state index contributed by atoms with van der Waals surface area (Å²) in [5.41, 5.74) is 0.765. The summed E-state index contributed by atoms with van der Waals surface area (Å²) < 4.78 is 24.8. The Kier molecular flexibility index (Phi) is 3.89. The van der Waals surface area contributed by atoms with Crippen LogP contribution in [-0.4, -0.2) is 26.2 Å². The molecule has 0 spiro atoms. The van der Waals surface area contributed by atoms with Crippen LogP contribution in [0.2, 0.25) is 0 Å². The average Bonchev–Trinajstić information content (AvgIpc) is 2.44. The molecule has 0 saturated carbocycles. The van der Waals surface area contributed by atoms with Crippen molar-refractivity contribution in [2.45, 2.75) is 37.6 Å². The van der Waals surface area contributed by atoms with E-state index in [2.05, 4.69) is 17.2 Å².